The van der Waals surface area contributed by atoms with Crippen molar-refractivity contribution < 1.29 is 14.3 Å². The van der Waals surface area contributed by atoms with Gasteiger partial charge in [0.15, 0.2) is 5.15 Å². The normalized spacial score (nSPS) is 11.4. The topological polar surface area (TPSA) is 68.3 Å². The number of hydrogen-bond donors (Lipinski definition) is 1. The van der Waals surface area contributed by atoms with Crippen molar-refractivity contribution in [3.05, 3.63) is 29.1 Å². The summed E-state index contributed by atoms with van der Waals surface area (Å²) in [5, 5.41) is 2.87. The number of methoxy groups -OCH3 is 1. The molecule has 0 atom stereocenters. The van der Waals surface area contributed by atoms with Gasteiger partial charge in [-0.15, -0.1) is 0 Å². The molecule has 0 aliphatic heterocycles. The Morgan fingerprint density at radius 3 is 2.50 bits per heavy atom. The van der Waals surface area contributed by atoms with Crippen LogP contribution in [0.3, 0.4) is 0 Å². The van der Waals surface area contributed by atoms with Gasteiger partial charge in [0.2, 0.25) is 5.91 Å². The average Bonchev–Trinajstić information content (AvgIpc) is 2.37. The molecule has 1 N–H and O–H groups in total. The Morgan fingerprint density at radius 2 is 2.00 bits per heavy atom. The SMILES string of the molecule is COC(=O)/C=C\c1ccc(NC(=O)C(C)(C)C)c(Cl)n1. The maximum atomic E-state index is 11.9. The number of pyridine rings is 1. The van der Waals surface area contributed by atoms with Gasteiger partial charge in [-0.05, 0) is 18.2 Å². The van der Waals surface area contributed by atoms with Gasteiger partial charge in [0.25, 0.3) is 0 Å². The van der Waals surface area contributed by atoms with E-state index in [2.05, 4.69) is 15.0 Å². The molecule has 0 unspecified atom stereocenters. The molecule has 0 bridgehead atoms. The lowest BCUT2D eigenvalue weighted by Crippen LogP contribution is -2.27. The van der Waals surface area contributed by atoms with Crippen LogP contribution in [0.2, 0.25) is 5.15 Å². The number of carbonyl (C=O) groups excluding carboxylic acids is 2. The quantitative estimate of drug-likeness (QED) is 0.529. The lowest BCUT2D eigenvalue weighted by Gasteiger charge is -2.18. The predicted octanol–water partition coefficient (Wildman–Crippen LogP) is 2.91. The van der Waals surface area contributed by atoms with Gasteiger partial charge in [-0.3, -0.25) is 4.79 Å². The van der Waals surface area contributed by atoms with Crippen molar-refractivity contribution >= 4 is 35.2 Å². The Morgan fingerprint density at radius 1 is 1.35 bits per heavy atom. The Hall–Kier alpha value is -1.88. The highest BCUT2D eigenvalue weighted by Gasteiger charge is 2.22. The Kier molecular flexibility index (Phi) is 5.27. The van der Waals surface area contributed by atoms with Gasteiger partial charge in [-0.1, -0.05) is 32.4 Å². The number of aromatic nitrogens is 1. The van der Waals surface area contributed by atoms with Crippen molar-refractivity contribution in [2.24, 2.45) is 5.41 Å². The van der Waals surface area contributed by atoms with Gasteiger partial charge in [0.05, 0.1) is 18.5 Å². The van der Waals surface area contributed by atoms with E-state index in [-0.39, 0.29) is 11.1 Å². The number of halogens is 1. The molecule has 6 heteroatoms. The van der Waals surface area contributed by atoms with Gasteiger partial charge >= 0.3 is 5.97 Å². The largest absolute Gasteiger partial charge is 0.466 e. The zero-order valence-electron chi connectivity index (χ0n) is 11.9. The van der Waals surface area contributed by atoms with Gasteiger partial charge in [0, 0.05) is 11.5 Å². The van der Waals surface area contributed by atoms with Crippen LogP contribution in [0.5, 0.6) is 0 Å². The van der Waals surface area contributed by atoms with Crippen molar-refractivity contribution in [2.45, 2.75) is 20.8 Å². The van der Waals surface area contributed by atoms with Crippen LogP contribution in [0, 0.1) is 5.41 Å². The van der Waals surface area contributed by atoms with E-state index < -0.39 is 11.4 Å². The average molecular weight is 297 g/mol. The number of nitrogens with one attached hydrogen (secondary N) is 1. The monoisotopic (exact) mass is 296 g/mol. The van der Waals surface area contributed by atoms with Crippen molar-refractivity contribution in [3.8, 4) is 0 Å². The zero-order valence-corrected chi connectivity index (χ0v) is 12.6. The molecule has 0 fully saturated rings. The van der Waals surface area contributed by atoms with Gasteiger partial charge in [-0.2, -0.15) is 0 Å². The number of esters is 1. The molecule has 20 heavy (non-hydrogen) atoms. The molecule has 108 valence electrons. The number of rotatable bonds is 3. The van der Waals surface area contributed by atoms with Crippen LogP contribution in [0.25, 0.3) is 6.08 Å². The second-order valence-corrected chi connectivity index (χ2v) is 5.49. The molecule has 0 radical (unpaired) electrons. The summed E-state index contributed by atoms with van der Waals surface area (Å²) in [4.78, 5) is 26.9. The van der Waals surface area contributed by atoms with Crippen LogP contribution in [-0.4, -0.2) is 24.0 Å². The van der Waals surface area contributed by atoms with Gasteiger partial charge < -0.3 is 10.1 Å². The van der Waals surface area contributed by atoms with Crippen LogP contribution in [0.1, 0.15) is 26.5 Å². The maximum Gasteiger partial charge on any atom is 0.330 e. The second kappa shape index (κ2) is 6.52. The highest BCUT2D eigenvalue weighted by Crippen LogP contribution is 2.23. The first-order chi connectivity index (χ1) is 9.24. The lowest BCUT2D eigenvalue weighted by molar-refractivity contribution is -0.134. The number of anilines is 1. The van der Waals surface area contributed by atoms with E-state index in [0.717, 1.165) is 0 Å². The van der Waals surface area contributed by atoms with Gasteiger partial charge in [-0.25, -0.2) is 9.78 Å². The molecule has 1 rings (SSSR count). The summed E-state index contributed by atoms with van der Waals surface area (Å²) in [5.41, 5.74) is 0.406. The van der Waals surface area contributed by atoms with Crippen LogP contribution in [0.15, 0.2) is 18.2 Å². The summed E-state index contributed by atoms with van der Waals surface area (Å²) >= 11 is 6.00. The molecular formula is C14H17ClN2O3. The molecule has 0 aliphatic rings. The smallest absolute Gasteiger partial charge is 0.330 e. The molecular weight excluding hydrogens is 280 g/mol. The van der Waals surface area contributed by atoms with E-state index in [9.17, 15) is 9.59 Å². The number of ether oxygens (including phenoxy) is 1. The number of hydrogen-bond acceptors (Lipinski definition) is 4. The number of amides is 1. The summed E-state index contributed by atoms with van der Waals surface area (Å²) < 4.78 is 4.47. The minimum absolute atomic E-state index is 0.154. The number of carbonyl (C=O) groups is 2. The minimum Gasteiger partial charge on any atom is -0.466 e. The van der Waals surface area contributed by atoms with Crippen LogP contribution >= 0.6 is 11.6 Å². The summed E-state index contributed by atoms with van der Waals surface area (Å²) in [6, 6.07) is 3.28. The third-order valence-corrected chi connectivity index (χ3v) is 2.68. The molecule has 0 saturated carbocycles. The van der Waals surface area contributed by atoms with Crippen LogP contribution in [0.4, 0.5) is 5.69 Å². The third kappa shape index (κ3) is 4.66. The Balaban J connectivity index is 2.86. The fourth-order valence-electron chi connectivity index (χ4n) is 1.17. The maximum absolute atomic E-state index is 11.9. The molecule has 0 aromatic carbocycles. The third-order valence-electron chi connectivity index (χ3n) is 2.39. The van der Waals surface area contributed by atoms with E-state index >= 15 is 0 Å². The molecule has 5 nitrogen and oxygen atoms in total. The fraction of sp³-hybridized carbons (Fsp3) is 0.357. The number of nitrogens with zero attached hydrogens (tertiary/aromatic N) is 1. The van der Waals surface area contributed by atoms with Crippen LogP contribution in [-0.2, 0) is 14.3 Å². The molecule has 1 heterocycles. The Bertz CT molecular complexity index is 548. The minimum atomic E-state index is -0.521. The van der Waals surface area contributed by atoms with E-state index in [1.54, 1.807) is 32.9 Å². The summed E-state index contributed by atoms with van der Waals surface area (Å²) in [5.74, 6) is -0.632. The summed E-state index contributed by atoms with van der Waals surface area (Å²) in [6.07, 6.45) is 2.72. The zero-order chi connectivity index (χ0) is 15.3. The fourth-order valence-corrected chi connectivity index (χ4v) is 1.37. The predicted molar refractivity (Wildman–Crippen MR) is 78.4 cm³/mol. The molecule has 1 amide bonds. The summed E-state index contributed by atoms with van der Waals surface area (Å²) in [6.45, 7) is 5.41. The first-order valence-electron chi connectivity index (χ1n) is 5.98. The second-order valence-electron chi connectivity index (χ2n) is 5.14. The first-order valence-corrected chi connectivity index (χ1v) is 6.36. The summed E-state index contributed by atoms with van der Waals surface area (Å²) in [7, 11) is 1.29. The van der Waals surface area contributed by atoms with Crippen molar-refractivity contribution in [3.63, 3.8) is 0 Å². The Labute approximate surface area is 123 Å². The molecule has 1 aromatic rings. The van der Waals surface area contributed by atoms with Crippen LogP contribution < -0.4 is 5.32 Å². The van der Waals surface area contributed by atoms with Gasteiger partial charge in [0.1, 0.15) is 0 Å². The van der Waals surface area contributed by atoms with E-state index in [1.807, 2.05) is 0 Å². The van der Waals surface area contributed by atoms with E-state index in [1.165, 1.54) is 19.3 Å². The van der Waals surface area contributed by atoms with Crippen molar-refractivity contribution in [1.29, 1.82) is 0 Å². The highest BCUT2D eigenvalue weighted by atomic mass is 35.5. The van der Waals surface area contributed by atoms with Crippen molar-refractivity contribution in [1.82, 2.24) is 4.98 Å². The van der Waals surface area contributed by atoms with E-state index in [4.69, 9.17) is 11.6 Å². The first kappa shape index (κ1) is 16.2. The standard InChI is InChI=1S/C14H17ClN2O3/c1-14(2,3)13(19)17-10-7-5-9(16-12(10)15)6-8-11(18)20-4/h5-8H,1-4H3,(H,17,19)/b8-6-. The van der Waals surface area contributed by atoms with Crippen molar-refractivity contribution in [2.75, 3.05) is 12.4 Å². The van der Waals surface area contributed by atoms with E-state index in [0.29, 0.717) is 11.4 Å². The molecule has 1 aromatic heterocycles. The highest BCUT2D eigenvalue weighted by molar-refractivity contribution is 6.32. The molecule has 0 aliphatic carbocycles. The lowest BCUT2D eigenvalue weighted by atomic mass is 9.95. The molecule has 0 spiro atoms. The molecule has 0 saturated heterocycles.